The lowest BCUT2D eigenvalue weighted by Crippen LogP contribution is -2.28. The van der Waals surface area contributed by atoms with Crippen molar-refractivity contribution in [1.82, 2.24) is 0 Å². The molecule has 108 valence electrons. The molecular weight excluding hydrogens is 274 g/mol. The zero-order chi connectivity index (χ0) is 15.2. The highest BCUT2D eigenvalue weighted by atomic mass is 16.7. The molecule has 0 aliphatic heterocycles. The molecule has 0 saturated heterocycles. The van der Waals surface area contributed by atoms with Crippen LogP contribution in [0.4, 0.5) is 0 Å². The van der Waals surface area contributed by atoms with Crippen molar-refractivity contribution in [1.29, 1.82) is 0 Å². The number of aliphatic hydroxyl groups is 1. The van der Waals surface area contributed by atoms with Crippen LogP contribution in [0.25, 0.3) is 0 Å². The first-order chi connectivity index (χ1) is 10.1. The smallest absolute Gasteiger partial charge is 0.377 e. The molecule has 0 heterocycles. The molecular formula is C15H13NO5. The quantitative estimate of drug-likeness (QED) is 0.380. The monoisotopic (exact) mass is 287 g/mol. The maximum Gasteiger partial charge on any atom is 0.377 e. The zero-order valence-electron chi connectivity index (χ0n) is 11.0. The maximum absolute atomic E-state index is 11.7. The number of Topliss-reactive ketones (excluding diaryl/α,β-unsaturated/α-hetero) is 1. The van der Waals surface area contributed by atoms with Gasteiger partial charge in [0.25, 0.3) is 5.78 Å². The molecule has 0 aliphatic rings. The van der Waals surface area contributed by atoms with Gasteiger partial charge in [0, 0.05) is 5.56 Å². The Bertz CT molecular complexity index is 642. The van der Waals surface area contributed by atoms with E-state index in [4.69, 9.17) is 9.84 Å². The molecule has 0 bridgehead atoms. The minimum atomic E-state index is -2.26. The van der Waals surface area contributed by atoms with Crippen LogP contribution < -0.4 is 4.74 Å². The summed E-state index contributed by atoms with van der Waals surface area (Å²) < 4.78 is 5.52. The Balaban J connectivity index is 2.07. The summed E-state index contributed by atoms with van der Waals surface area (Å²) in [6.07, 6.45) is -2.26. The Kier molecular flexibility index (Phi) is 4.63. The molecule has 0 aromatic heterocycles. The summed E-state index contributed by atoms with van der Waals surface area (Å²) in [5.41, 5.74) is 0.990. The maximum atomic E-state index is 11.7. The number of rotatable bonds is 6. The largest absolute Gasteiger partial charge is 0.489 e. The van der Waals surface area contributed by atoms with Gasteiger partial charge in [-0.3, -0.25) is 14.9 Å². The molecule has 6 heteroatoms. The van der Waals surface area contributed by atoms with Gasteiger partial charge in [0.15, 0.2) is 0 Å². The molecule has 2 aromatic rings. The predicted molar refractivity (Wildman–Crippen MR) is 74.5 cm³/mol. The topological polar surface area (TPSA) is 89.7 Å². The van der Waals surface area contributed by atoms with E-state index in [1.54, 1.807) is 12.1 Å². The van der Waals surface area contributed by atoms with E-state index < -0.39 is 16.9 Å². The van der Waals surface area contributed by atoms with Gasteiger partial charge in [-0.05, 0) is 17.7 Å². The third-order valence-corrected chi connectivity index (χ3v) is 2.80. The SMILES string of the molecule is O=C(c1cccc(OCc2ccccc2)c1)C(O)[N+](=O)[O-]. The molecule has 1 unspecified atom stereocenters. The van der Waals surface area contributed by atoms with E-state index in [1.165, 1.54) is 12.1 Å². The van der Waals surface area contributed by atoms with Gasteiger partial charge in [-0.25, -0.2) is 0 Å². The lowest BCUT2D eigenvalue weighted by atomic mass is 10.1. The second-order valence-corrected chi connectivity index (χ2v) is 4.33. The van der Waals surface area contributed by atoms with Crippen molar-refractivity contribution in [3.05, 3.63) is 75.8 Å². The number of hydrogen-bond donors (Lipinski definition) is 1. The summed E-state index contributed by atoms with van der Waals surface area (Å²) in [4.78, 5) is 21.0. The van der Waals surface area contributed by atoms with Crippen molar-refractivity contribution in [2.45, 2.75) is 12.8 Å². The number of benzene rings is 2. The number of nitro groups is 1. The molecule has 6 nitrogen and oxygen atoms in total. The van der Waals surface area contributed by atoms with Crippen molar-refractivity contribution in [3.8, 4) is 5.75 Å². The second kappa shape index (κ2) is 6.62. The minimum Gasteiger partial charge on any atom is -0.489 e. The van der Waals surface area contributed by atoms with Gasteiger partial charge >= 0.3 is 6.23 Å². The van der Waals surface area contributed by atoms with Crippen molar-refractivity contribution in [3.63, 3.8) is 0 Å². The molecule has 1 atom stereocenters. The molecule has 0 saturated carbocycles. The van der Waals surface area contributed by atoms with Crippen molar-refractivity contribution >= 4 is 5.78 Å². The Labute approximate surface area is 120 Å². The van der Waals surface area contributed by atoms with Crippen LogP contribution in [-0.2, 0) is 6.61 Å². The fourth-order valence-electron chi connectivity index (χ4n) is 1.72. The van der Waals surface area contributed by atoms with E-state index in [1.807, 2.05) is 30.3 Å². The second-order valence-electron chi connectivity index (χ2n) is 4.33. The Morgan fingerprint density at radius 2 is 1.90 bits per heavy atom. The number of nitrogens with zero attached hydrogens (tertiary/aromatic N) is 1. The van der Waals surface area contributed by atoms with Gasteiger partial charge < -0.3 is 9.84 Å². The van der Waals surface area contributed by atoms with Crippen LogP contribution in [0.3, 0.4) is 0 Å². The van der Waals surface area contributed by atoms with Crippen molar-refractivity contribution in [2.75, 3.05) is 0 Å². The van der Waals surface area contributed by atoms with Crippen LogP contribution in [-0.4, -0.2) is 22.0 Å². The van der Waals surface area contributed by atoms with E-state index in [0.717, 1.165) is 5.56 Å². The van der Waals surface area contributed by atoms with Crippen LogP contribution >= 0.6 is 0 Å². The fourth-order valence-corrected chi connectivity index (χ4v) is 1.72. The molecule has 0 spiro atoms. The van der Waals surface area contributed by atoms with Gasteiger partial charge in [0.05, 0.1) is 4.92 Å². The van der Waals surface area contributed by atoms with Gasteiger partial charge in [-0.1, -0.05) is 42.5 Å². The number of ketones is 1. The highest BCUT2D eigenvalue weighted by molar-refractivity contribution is 5.98. The number of hydrogen-bond acceptors (Lipinski definition) is 5. The van der Waals surface area contributed by atoms with Gasteiger partial charge in [0.2, 0.25) is 0 Å². The van der Waals surface area contributed by atoms with E-state index >= 15 is 0 Å². The number of ether oxygens (including phenoxy) is 1. The Morgan fingerprint density at radius 1 is 1.19 bits per heavy atom. The number of carbonyl (C=O) groups is 1. The fraction of sp³-hybridized carbons (Fsp3) is 0.133. The first kappa shape index (κ1) is 14.7. The average molecular weight is 287 g/mol. The summed E-state index contributed by atoms with van der Waals surface area (Å²) in [6.45, 7) is 0.316. The minimum absolute atomic E-state index is 0.0322. The summed E-state index contributed by atoms with van der Waals surface area (Å²) in [7, 11) is 0. The van der Waals surface area contributed by atoms with Crippen LogP contribution in [0.15, 0.2) is 54.6 Å². The Hall–Kier alpha value is -2.73. The van der Waals surface area contributed by atoms with Gasteiger partial charge in [0.1, 0.15) is 12.4 Å². The molecule has 1 N–H and O–H groups in total. The van der Waals surface area contributed by atoms with Crippen LogP contribution in [0.2, 0.25) is 0 Å². The van der Waals surface area contributed by atoms with Crippen LogP contribution in [0, 0.1) is 10.1 Å². The standard InChI is InChI=1S/C15H13NO5/c17-14(15(18)16(19)20)12-7-4-8-13(9-12)21-10-11-5-2-1-3-6-11/h1-9,15,18H,10H2. The first-order valence-corrected chi connectivity index (χ1v) is 6.20. The third kappa shape index (κ3) is 3.87. The zero-order valence-corrected chi connectivity index (χ0v) is 11.0. The average Bonchev–Trinajstić information content (AvgIpc) is 2.52. The van der Waals surface area contributed by atoms with E-state index in [-0.39, 0.29) is 5.56 Å². The van der Waals surface area contributed by atoms with Crippen molar-refractivity contribution < 1.29 is 19.6 Å². The number of carbonyl (C=O) groups excluding carboxylic acids is 1. The van der Waals surface area contributed by atoms with Gasteiger partial charge in [-0.15, -0.1) is 0 Å². The summed E-state index contributed by atoms with van der Waals surface area (Å²) >= 11 is 0. The summed E-state index contributed by atoms with van der Waals surface area (Å²) in [5.74, 6) is -0.564. The van der Waals surface area contributed by atoms with E-state index in [0.29, 0.717) is 12.4 Å². The molecule has 2 rings (SSSR count). The molecule has 0 amide bonds. The Morgan fingerprint density at radius 3 is 2.57 bits per heavy atom. The first-order valence-electron chi connectivity index (χ1n) is 6.20. The molecule has 0 radical (unpaired) electrons. The summed E-state index contributed by atoms with van der Waals surface area (Å²) in [6, 6.07) is 15.4. The highest BCUT2D eigenvalue weighted by Crippen LogP contribution is 2.16. The molecule has 21 heavy (non-hydrogen) atoms. The third-order valence-electron chi connectivity index (χ3n) is 2.80. The van der Waals surface area contributed by atoms with Crippen molar-refractivity contribution in [2.24, 2.45) is 0 Å². The van der Waals surface area contributed by atoms with Crippen LogP contribution in [0.1, 0.15) is 15.9 Å². The van der Waals surface area contributed by atoms with Crippen LogP contribution in [0.5, 0.6) is 5.75 Å². The highest BCUT2D eigenvalue weighted by Gasteiger charge is 2.27. The predicted octanol–water partition coefficient (Wildman–Crippen LogP) is 2.04. The molecule has 0 aliphatic carbocycles. The lowest BCUT2D eigenvalue weighted by molar-refractivity contribution is -0.550. The van der Waals surface area contributed by atoms with Gasteiger partial charge in [-0.2, -0.15) is 0 Å². The normalized spacial score (nSPS) is 11.7. The van der Waals surface area contributed by atoms with E-state index in [2.05, 4.69) is 0 Å². The summed E-state index contributed by atoms with van der Waals surface area (Å²) in [5, 5.41) is 19.6. The number of aliphatic hydroxyl groups excluding tert-OH is 1. The van der Waals surface area contributed by atoms with E-state index in [9.17, 15) is 14.9 Å². The lowest BCUT2D eigenvalue weighted by Gasteiger charge is -2.08. The molecule has 2 aromatic carbocycles. The molecule has 0 fully saturated rings.